The van der Waals surface area contributed by atoms with Crippen molar-refractivity contribution in [2.45, 2.75) is 13.0 Å². The molecule has 0 bridgehead atoms. The van der Waals surface area contributed by atoms with Gasteiger partial charge in [0.1, 0.15) is 5.82 Å². The predicted octanol–water partition coefficient (Wildman–Crippen LogP) is 0.425. The maximum absolute atomic E-state index is 5.57. The summed E-state index contributed by atoms with van der Waals surface area (Å²) in [6.45, 7) is 3.43. The summed E-state index contributed by atoms with van der Waals surface area (Å²) in [7, 11) is 3.39. The summed E-state index contributed by atoms with van der Waals surface area (Å²) >= 11 is 0. The zero-order valence-electron chi connectivity index (χ0n) is 11.1. The number of nitrogens with two attached hydrogens (primary N) is 1. The molecule has 0 aliphatic rings. The van der Waals surface area contributed by atoms with E-state index in [-0.39, 0.29) is 0 Å². The summed E-state index contributed by atoms with van der Waals surface area (Å²) in [5.41, 5.74) is 6.37. The minimum atomic E-state index is 0.400. The molecule has 0 aliphatic carbocycles. The number of hydrogen-bond donors (Lipinski definition) is 1. The van der Waals surface area contributed by atoms with Crippen LogP contribution in [0.15, 0.2) is 12.4 Å². The number of aromatic nitrogens is 2. The molecule has 6 heteroatoms. The van der Waals surface area contributed by atoms with Crippen LogP contribution in [0.3, 0.4) is 0 Å². The van der Waals surface area contributed by atoms with E-state index in [0.29, 0.717) is 13.2 Å². The van der Waals surface area contributed by atoms with Gasteiger partial charge in [-0.1, -0.05) is 0 Å². The Labute approximate surface area is 108 Å². The first-order valence-corrected chi connectivity index (χ1v) is 6.05. The van der Waals surface area contributed by atoms with E-state index >= 15 is 0 Å². The van der Waals surface area contributed by atoms with Crippen LogP contribution in [0.5, 0.6) is 0 Å². The van der Waals surface area contributed by atoms with Crippen molar-refractivity contribution < 1.29 is 9.47 Å². The quantitative estimate of drug-likeness (QED) is 0.644. The minimum Gasteiger partial charge on any atom is -0.385 e. The molecule has 18 heavy (non-hydrogen) atoms. The van der Waals surface area contributed by atoms with Gasteiger partial charge < -0.3 is 20.1 Å². The fourth-order valence-electron chi connectivity index (χ4n) is 1.59. The van der Waals surface area contributed by atoms with Gasteiger partial charge in [0, 0.05) is 46.7 Å². The highest BCUT2D eigenvalue weighted by Gasteiger charge is 2.08. The van der Waals surface area contributed by atoms with Crippen molar-refractivity contribution in [1.29, 1.82) is 0 Å². The molecule has 1 aromatic heterocycles. The summed E-state index contributed by atoms with van der Waals surface area (Å²) in [6, 6.07) is 0. The number of ether oxygens (including phenoxy) is 2. The minimum absolute atomic E-state index is 0.400. The Hall–Kier alpha value is -1.24. The van der Waals surface area contributed by atoms with Crippen molar-refractivity contribution >= 4 is 5.82 Å². The molecule has 0 atom stereocenters. The second-order valence-electron chi connectivity index (χ2n) is 3.90. The lowest BCUT2D eigenvalue weighted by Crippen LogP contribution is -2.30. The first kappa shape index (κ1) is 14.8. The van der Waals surface area contributed by atoms with Gasteiger partial charge in [0.15, 0.2) is 0 Å². The van der Waals surface area contributed by atoms with E-state index in [9.17, 15) is 0 Å². The largest absolute Gasteiger partial charge is 0.385 e. The maximum Gasteiger partial charge on any atom is 0.147 e. The second kappa shape index (κ2) is 8.79. The van der Waals surface area contributed by atoms with Gasteiger partial charge in [-0.3, -0.25) is 4.98 Å². The van der Waals surface area contributed by atoms with E-state index in [4.69, 9.17) is 15.2 Å². The Morgan fingerprint density at radius 3 is 2.61 bits per heavy atom. The van der Waals surface area contributed by atoms with Crippen LogP contribution in [0, 0.1) is 0 Å². The molecule has 0 unspecified atom stereocenters. The van der Waals surface area contributed by atoms with Gasteiger partial charge >= 0.3 is 0 Å². The van der Waals surface area contributed by atoms with E-state index < -0.39 is 0 Å². The first-order chi connectivity index (χ1) is 8.81. The lowest BCUT2D eigenvalue weighted by molar-refractivity contribution is 0.191. The fraction of sp³-hybridized carbons (Fsp3) is 0.667. The highest BCUT2D eigenvalue weighted by molar-refractivity contribution is 5.36. The molecule has 1 rings (SSSR count). The third kappa shape index (κ3) is 4.95. The van der Waals surface area contributed by atoms with Crippen molar-refractivity contribution in [3.05, 3.63) is 18.1 Å². The number of nitrogens with zero attached hydrogens (tertiary/aromatic N) is 3. The van der Waals surface area contributed by atoms with E-state index in [1.807, 2.05) is 0 Å². The van der Waals surface area contributed by atoms with Crippen LogP contribution in [0.1, 0.15) is 12.1 Å². The Morgan fingerprint density at radius 2 is 1.94 bits per heavy atom. The lowest BCUT2D eigenvalue weighted by atomic mass is 10.3. The molecule has 1 heterocycles. The highest BCUT2D eigenvalue weighted by atomic mass is 16.5. The zero-order chi connectivity index (χ0) is 13.2. The molecule has 0 saturated heterocycles. The van der Waals surface area contributed by atoms with Crippen LogP contribution in [-0.2, 0) is 16.0 Å². The van der Waals surface area contributed by atoms with Gasteiger partial charge in [0.2, 0.25) is 0 Å². The molecule has 1 aromatic rings. The second-order valence-corrected chi connectivity index (χ2v) is 3.90. The monoisotopic (exact) mass is 254 g/mol. The van der Waals surface area contributed by atoms with Gasteiger partial charge in [-0.2, -0.15) is 0 Å². The molecule has 102 valence electrons. The Balaban J connectivity index is 2.66. The van der Waals surface area contributed by atoms with E-state index in [1.165, 1.54) is 0 Å². The summed E-state index contributed by atoms with van der Waals surface area (Å²) in [5.74, 6) is 0.839. The third-order valence-electron chi connectivity index (χ3n) is 2.55. The number of methoxy groups -OCH3 is 2. The Kier molecular flexibility index (Phi) is 7.24. The van der Waals surface area contributed by atoms with Gasteiger partial charge in [-0.05, 0) is 6.42 Å². The van der Waals surface area contributed by atoms with E-state index in [1.54, 1.807) is 26.6 Å². The molecule has 0 spiro atoms. The number of hydrogen-bond acceptors (Lipinski definition) is 6. The van der Waals surface area contributed by atoms with Crippen LogP contribution in [0.2, 0.25) is 0 Å². The summed E-state index contributed by atoms with van der Waals surface area (Å²) < 4.78 is 10.2. The van der Waals surface area contributed by atoms with Gasteiger partial charge in [-0.15, -0.1) is 0 Å². The Bertz CT molecular complexity index is 336. The van der Waals surface area contributed by atoms with Crippen LogP contribution in [-0.4, -0.2) is 50.5 Å². The van der Waals surface area contributed by atoms with E-state index in [0.717, 1.165) is 37.6 Å². The summed E-state index contributed by atoms with van der Waals surface area (Å²) in [6.07, 6.45) is 4.38. The molecular formula is C12H22N4O2. The molecular weight excluding hydrogens is 232 g/mol. The topological polar surface area (TPSA) is 73.5 Å². The smallest absolute Gasteiger partial charge is 0.147 e. The van der Waals surface area contributed by atoms with Crippen LogP contribution in [0.4, 0.5) is 5.82 Å². The first-order valence-electron chi connectivity index (χ1n) is 6.05. The molecule has 0 fully saturated rings. The van der Waals surface area contributed by atoms with Crippen molar-refractivity contribution in [3.63, 3.8) is 0 Å². The van der Waals surface area contributed by atoms with Crippen molar-refractivity contribution in [2.75, 3.05) is 45.4 Å². The third-order valence-corrected chi connectivity index (χ3v) is 2.55. The van der Waals surface area contributed by atoms with Gasteiger partial charge in [-0.25, -0.2) is 4.98 Å². The predicted molar refractivity (Wildman–Crippen MR) is 70.5 cm³/mol. The molecule has 0 amide bonds. The SMILES string of the molecule is COCCCN(CCOC)c1cncc(CN)n1. The van der Waals surface area contributed by atoms with Crippen LogP contribution in [0.25, 0.3) is 0 Å². The number of rotatable bonds is 9. The van der Waals surface area contributed by atoms with Crippen LogP contribution < -0.4 is 10.6 Å². The molecule has 2 N–H and O–H groups in total. The highest BCUT2D eigenvalue weighted by Crippen LogP contribution is 2.10. The normalized spacial score (nSPS) is 10.6. The number of anilines is 1. The van der Waals surface area contributed by atoms with Gasteiger partial charge in [0.25, 0.3) is 0 Å². The maximum atomic E-state index is 5.57. The average molecular weight is 254 g/mol. The molecule has 0 aromatic carbocycles. The van der Waals surface area contributed by atoms with Gasteiger partial charge in [0.05, 0.1) is 18.5 Å². The van der Waals surface area contributed by atoms with Crippen molar-refractivity contribution in [1.82, 2.24) is 9.97 Å². The molecule has 6 nitrogen and oxygen atoms in total. The molecule has 0 aliphatic heterocycles. The molecule has 0 saturated carbocycles. The standard InChI is InChI=1S/C12H22N4O2/c1-17-6-3-4-16(5-7-18-2)12-10-14-9-11(8-13)15-12/h9-10H,3-8,13H2,1-2H3. The van der Waals surface area contributed by atoms with Crippen molar-refractivity contribution in [3.8, 4) is 0 Å². The Morgan fingerprint density at radius 1 is 1.17 bits per heavy atom. The molecule has 0 radical (unpaired) electrons. The lowest BCUT2D eigenvalue weighted by Gasteiger charge is -2.23. The van der Waals surface area contributed by atoms with Crippen molar-refractivity contribution in [2.24, 2.45) is 5.73 Å². The van der Waals surface area contributed by atoms with E-state index in [2.05, 4.69) is 14.9 Å². The zero-order valence-corrected chi connectivity index (χ0v) is 11.1. The average Bonchev–Trinajstić information content (AvgIpc) is 2.42. The summed E-state index contributed by atoms with van der Waals surface area (Å²) in [4.78, 5) is 10.8. The van der Waals surface area contributed by atoms with Crippen LogP contribution >= 0.6 is 0 Å². The summed E-state index contributed by atoms with van der Waals surface area (Å²) in [5, 5.41) is 0. The fourth-order valence-corrected chi connectivity index (χ4v) is 1.59.